The Bertz CT molecular complexity index is 929. The average Bonchev–Trinajstić information content (AvgIpc) is 2.65. The van der Waals surface area contributed by atoms with Crippen molar-refractivity contribution in [3.63, 3.8) is 0 Å². The quantitative estimate of drug-likeness (QED) is 0.643. The maximum absolute atomic E-state index is 13.2. The van der Waals surface area contributed by atoms with Gasteiger partial charge in [-0.05, 0) is 46.3 Å². The predicted octanol–water partition coefficient (Wildman–Crippen LogP) is 3.61. The third-order valence-corrected chi connectivity index (χ3v) is 6.23. The average molecular weight is 440 g/mol. The van der Waals surface area contributed by atoms with Crippen LogP contribution in [0.1, 0.15) is 0 Å². The molecule has 0 radical (unpaired) electrons. The molecule has 1 aliphatic heterocycles. The highest BCUT2D eigenvalue weighted by Gasteiger charge is 2.26. The summed E-state index contributed by atoms with van der Waals surface area (Å²) in [6.07, 6.45) is 1.53. The first-order valence-electron chi connectivity index (χ1n) is 7.84. The van der Waals surface area contributed by atoms with Gasteiger partial charge in [-0.2, -0.15) is 0 Å². The van der Waals surface area contributed by atoms with E-state index in [0.717, 1.165) is 0 Å². The standard InChI is InChI=1S/C18H18BrNO5S/c1-3-8-20(13-4-6-17-18(11-13)25-10-9-24-17)26(21,22)14-5-7-16(23-2)15(19)12-14/h3-7,11-12H,1,8-10H2,2H3. The molecule has 0 spiro atoms. The summed E-state index contributed by atoms with van der Waals surface area (Å²) in [5.74, 6) is 1.68. The number of halogens is 1. The molecule has 1 heterocycles. The van der Waals surface area contributed by atoms with Crippen molar-refractivity contribution in [2.75, 3.05) is 31.2 Å². The Hall–Kier alpha value is -2.19. The summed E-state index contributed by atoms with van der Waals surface area (Å²) in [6, 6.07) is 9.68. The van der Waals surface area contributed by atoms with Gasteiger partial charge < -0.3 is 14.2 Å². The highest BCUT2D eigenvalue weighted by molar-refractivity contribution is 9.10. The van der Waals surface area contributed by atoms with E-state index in [2.05, 4.69) is 22.5 Å². The fraction of sp³-hybridized carbons (Fsp3) is 0.222. The molecule has 0 unspecified atom stereocenters. The van der Waals surface area contributed by atoms with E-state index in [4.69, 9.17) is 14.2 Å². The van der Waals surface area contributed by atoms with Gasteiger partial charge in [0.05, 0.1) is 28.7 Å². The van der Waals surface area contributed by atoms with Crippen LogP contribution in [-0.4, -0.2) is 35.3 Å². The molecular weight excluding hydrogens is 422 g/mol. The Morgan fingerprint density at radius 2 is 1.92 bits per heavy atom. The SMILES string of the molecule is C=CCN(c1ccc2c(c1)OCCO2)S(=O)(=O)c1ccc(OC)c(Br)c1. The van der Waals surface area contributed by atoms with Crippen LogP contribution in [0.5, 0.6) is 17.2 Å². The minimum Gasteiger partial charge on any atom is -0.496 e. The molecule has 1 aliphatic rings. The topological polar surface area (TPSA) is 65.1 Å². The number of rotatable bonds is 6. The van der Waals surface area contributed by atoms with Crippen molar-refractivity contribution in [1.82, 2.24) is 0 Å². The van der Waals surface area contributed by atoms with E-state index < -0.39 is 10.0 Å². The molecule has 3 rings (SSSR count). The van der Waals surface area contributed by atoms with Crippen LogP contribution in [0.25, 0.3) is 0 Å². The summed E-state index contributed by atoms with van der Waals surface area (Å²) in [4.78, 5) is 0.141. The van der Waals surface area contributed by atoms with Gasteiger partial charge in [0.2, 0.25) is 0 Å². The van der Waals surface area contributed by atoms with E-state index in [9.17, 15) is 8.42 Å². The Labute approximate surface area is 161 Å². The molecule has 138 valence electrons. The summed E-state index contributed by atoms with van der Waals surface area (Å²) >= 11 is 3.33. The molecule has 8 heteroatoms. The summed E-state index contributed by atoms with van der Waals surface area (Å²) in [5, 5.41) is 0. The molecule has 0 saturated heterocycles. The van der Waals surface area contributed by atoms with Gasteiger partial charge in [0, 0.05) is 6.07 Å². The second kappa shape index (κ2) is 7.59. The van der Waals surface area contributed by atoms with Crippen LogP contribution < -0.4 is 18.5 Å². The number of benzene rings is 2. The number of methoxy groups -OCH3 is 1. The first-order chi connectivity index (χ1) is 12.5. The van der Waals surface area contributed by atoms with E-state index in [1.54, 1.807) is 24.3 Å². The molecule has 0 bridgehead atoms. The monoisotopic (exact) mass is 439 g/mol. The second-order valence-corrected chi connectivity index (χ2v) is 8.17. The minimum atomic E-state index is -3.81. The summed E-state index contributed by atoms with van der Waals surface area (Å²) in [7, 11) is -2.29. The van der Waals surface area contributed by atoms with Crippen molar-refractivity contribution in [2.24, 2.45) is 0 Å². The number of sulfonamides is 1. The van der Waals surface area contributed by atoms with Gasteiger partial charge in [-0.3, -0.25) is 4.31 Å². The third-order valence-electron chi connectivity index (χ3n) is 3.82. The lowest BCUT2D eigenvalue weighted by molar-refractivity contribution is 0.171. The van der Waals surface area contributed by atoms with Gasteiger partial charge in [-0.15, -0.1) is 6.58 Å². The number of anilines is 1. The van der Waals surface area contributed by atoms with Crippen LogP contribution in [0.2, 0.25) is 0 Å². The summed E-state index contributed by atoms with van der Waals surface area (Å²) < 4.78 is 44.4. The van der Waals surface area contributed by atoms with E-state index in [1.807, 2.05) is 0 Å². The zero-order valence-corrected chi connectivity index (χ0v) is 16.5. The van der Waals surface area contributed by atoms with Gasteiger partial charge in [0.1, 0.15) is 19.0 Å². The molecule has 26 heavy (non-hydrogen) atoms. The lowest BCUT2D eigenvalue weighted by atomic mass is 10.2. The zero-order valence-electron chi connectivity index (χ0n) is 14.1. The largest absolute Gasteiger partial charge is 0.496 e. The molecule has 0 amide bonds. The molecule has 0 saturated carbocycles. The first kappa shape index (κ1) is 18.6. The number of nitrogens with zero attached hydrogens (tertiary/aromatic N) is 1. The molecule has 0 aromatic heterocycles. The second-order valence-electron chi connectivity index (χ2n) is 5.45. The van der Waals surface area contributed by atoms with E-state index in [1.165, 1.54) is 29.6 Å². The van der Waals surface area contributed by atoms with Gasteiger partial charge in [-0.1, -0.05) is 6.08 Å². The number of ether oxygens (including phenoxy) is 3. The maximum Gasteiger partial charge on any atom is 0.264 e. The predicted molar refractivity (Wildman–Crippen MR) is 103 cm³/mol. The number of fused-ring (bicyclic) bond motifs is 1. The van der Waals surface area contributed by atoms with Crippen LogP contribution in [0.4, 0.5) is 5.69 Å². The molecule has 2 aromatic carbocycles. The summed E-state index contributed by atoms with van der Waals surface area (Å²) in [6.45, 7) is 4.69. The number of hydrogen-bond donors (Lipinski definition) is 0. The van der Waals surface area contributed by atoms with E-state index >= 15 is 0 Å². The lowest BCUT2D eigenvalue weighted by Crippen LogP contribution is -2.31. The van der Waals surface area contributed by atoms with Crippen LogP contribution in [0, 0.1) is 0 Å². The smallest absolute Gasteiger partial charge is 0.264 e. The van der Waals surface area contributed by atoms with Gasteiger partial charge >= 0.3 is 0 Å². The molecule has 2 aromatic rings. The third kappa shape index (κ3) is 3.52. The normalized spacial score (nSPS) is 13.2. The molecule has 0 aliphatic carbocycles. The Balaban J connectivity index is 2.03. The van der Waals surface area contributed by atoms with Crippen LogP contribution in [0.15, 0.2) is 58.4 Å². The van der Waals surface area contributed by atoms with Crippen LogP contribution in [-0.2, 0) is 10.0 Å². The van der Waals surface area contributed by atoms with Crippen molar-refractivity contribution in [2.45, 2.75) is 4.90 Å². The van der Waals surface area contributed by atoms with Gasteiger partial charge in [0.25, 0.3) is 10.0 Å². The Morgan fingerprint density at radius 1 is 1.19 bits per heavy atom. The van der Waals surface area contributed by atoms with Crippen molar-refractivity contribution in [3.8, 4) is 17.2 Å². The molecule has 0 N–H and O–H groups in total. The lowest BCUT2D eigenvalue weighted by Gasteiger charge is -2.25. The molecule has 0 atom stereocenters. The van der Waals surface area contributed by atoms with Crippen molar-refractivity contribution >= 4 is 31.6 Å². The molecule has 0 fully saturated rings. The highest BCUT2D eigenvalue weighted by Crippen LogP contribution is 2.36. The van der Waals surface area contributed by atoms with E-state index in [-0.39, 0.29) is 11.4 Å². The molecular formula is C18H18BrNO5S. The minimum absolute atomic E-state index is 0.117. The highest BCUT2D eigenvalue weighted by atomic mass is 79.9. The zero-order chi connectivity index (χ0) is 18.7. The van der Waals surface area contributed by atoms with Crippen LogP contribution in [0.3, 0.4) is 0 Å². The Morgan fingerprint density at radius 3 is 2.58 bits per heavy atom. The Kier molecular flexibility index (Phi) is 5.43. The van der Waals surface area contributed by atoms with E-state index in [0.29, 0.717) is 40.6 Å². The number of hydrogen-bond acceptors (Lipinski definition) is 5. The van der Waals surface area contributed by atoms with Crippen molar-refractivity contribution in [3.05, 3.63) is 53.5 Å². The first-order valence-corrected chi connectivity index (χ1v) is 10.1. The van der Waals surface area contributed by atoms with Crippen LogP contribution >= 0.6 is 15.9 Å². The molecule has 6 nitrogen and oxygen atoms in total. The fourth-order valence-corrected chi connectivity index (χ4v) is 4.73. The maximum atomic E-state index is 13.2. The fourth-order valence-electron chi connectivity index (χ4n) is 2.58. The van der Waals surface area contributed by atoms with Gasteiger partial charge in [0.15, 0.2) is 11.5 Å². The van der Waals surface area contributed by atoms with Gasteiger partial charge in [-0.25, -0.2) is 8.42 Å². The van der Waals surface area contributed by atoms with Crippen molar-refractivity contribution < 1.29 is 22.6 Å². The van der Waals surface area contributed by atoms with Crippen molar-refractivity contribution in [1.29, 1.82) is 0 Å². The summed E-state index contributed by atoms with van der Waals surface area (Å²) in [5.41, 5.74) is 0.473.